The number of carbonyl (C=O) groups excluding carboxylic acids is 2. The topological polar surface area (TPSA) is 104 Å². The van der Waals surface area contributed by atoms with Gasteiger partial charge in [-0.25, -0.2) is 4.68 Å². The van der Waals surface area contributed by atoms with Gasteiger partial charge in [-0.15, -0.1) is 5.10 Å². The Labute approximate surface area is 231 Å². The van der Waals surface area contributed by atoms with Crippen molar-refractivity contribution < 1.29 is 14.7 Å². The predicted molar refractivity (Wildman–Crippen MR) is 149 cm³/mol. The van der Waals surface area contributed by atoms with Crippen LogP contribution in [0.15, 0.2) is 36.5 Å². The standard InChI is InChI=1S/C30H44N6O3/c1-20-12-14-34(15-13-20)26(22-8-6-5-7-9-22)17-31-28(38)25-16-23(37)18-35(25)29(39)27(30(2,3)4)36-19-24(32-33-36)21-10-11-21/h5-9,19-21,23,25-27,37H,10-18H2,1-4H3,(H,31,38)/t23?,25?,26?,27-/m1/s1. The molecule has 2 aromatic rings. The Bertz CT molecular complexity index is 1130. The van der Waals surface area contributed by atoms with E-state index in [1.807, 2.05) is 45.2 Å². The average molecular weight is 537 g/mol. The summed E-state index contributed by atoms with van der Waals surface area (Å²) in [6.45, 7) is 10.9. The van der Waals surface area contributed by atoms with E-state index >= 15 is 0 Å². The second-order valence-corrected chi connectivity index (χ2v) is 13.0. The Hall–Kier alpha value is -2.78. The van der Waals surface area contributed by atoms with Crippen molar-refractivity contribution >= 4 is 11.8 Å². The lowest BCUT2D eigenvalue weighted by molar-refractivity contribution is -0.144. The molecule has 3 unspecified atom stereocenters. The third kappa shape index (κ3) is 6.35. The quantitative estimate of drug-likeness (QED) is 0.537. The molecule has 2 amide bonds. The Morgan fingerprint density at radius 3 is 2.44 bits per heavy atom. The number of rotatable bonds is 8. The van der Waals surface area contributed by atoms with Gasteiger partial charge in [0, 0.05) is 31.6 Å². The molecule has 3 aliphatic rings. The molecule has 9 nitrogen and oxygen atoms in total. The van der Waals surface area contributed by atoms with Crippen LogP contribution in [-0.4, -0.2) is 80.0 Å². The minimum atomic E-state index is -0.739. The molecular weight excluding hydrogens is 492 g/mol. The Kier molecular flexibility index (Phi) is 8.10. The summed E-state index contributed by atoms with van der Waals surface area (Å²) in [5.41, 5.74) is 1.65. The number of β-amino-alcohol motifs (C(OH)–C–C–N with tert-alkyl or cyclic N) is 1. The third-order valence-electron chi connectivity index (χ3n) is 8.62. The molecule has 2 saturated heterocycles. The first kappa shape index (κ1) is 27.8. The van der Waals surface area contributed by atoms with Gasteiger partial charge < -0.3 is 15.3 Å². The summed E-state index contributed by atoms with van der Waals surface area (Å²) < 4.78 is 1.67. The van der Waals surface area contributed by atoms with Crippen LogP contribution in [0.3, 0.4) is 0 Å². The lowest BCUT2D eigenvalue weighted by atomic mass is 9.85. The summed E-state index contributed by atoms with van der Waals surface area (Å²) in [5, 5.41) is 22.4. The Morgan fingerprint density at radius 2 is 1.79 bits per heavy atom. The maximum atomic E-state index is 14.0. The first-order valence-electron chi connectivity index (χ1n) is 14.6. The van der Waals surface area contributed by atoms with E-state index in [1.165, 1.54) is 5.56 Å². The van der Waals surface area contributed by atoms with E-state index in [0.717, 1.165) is 44.5 Å². The van der Waals surface area contributed by atoms with E-state index in [-0.39, 0.29) is 30.8 Å². The largest absolute Gasteiger partial charge is 0.391 e. The van der Waals surface area contributed by atoms with Gasteiger partial charge >= 0.3 is 0 Å². The van der Waals surface area contributed by atoms with E-state index < -0.39 is 23.6 Å². The highest BCUT2D eigenvalue weighted by molar-refractivity contribution is 5.90. The summed E-state index contributed by atoms with van der Waals surface area (Å²) >= 11 is 0. The minimum absolute atomic E-state index is 0.0662. The second kappa shape index (κ2) is 11.4. The molecule has 2 N–H and O–H groups in total. The lowest BCUT2D eigenvalue weighted by Gasteiger charge is -2.37. The molecule has 0 spiro atoms. The van der Waals surface area contributed by atoms with Gasteiger partial charge in [-0.3, -0.25) is 14.5 Å². The van der Waals surface area contributed by atoms with E-state index in [9.17, 15) is 14.7 Å². The molecule has 1 aliphatic carbocycles. The monoisotopic (exact) mass is 536 g/mol. The molecule has 4 atom stereocenters. The molecular formula is C30H44N6O3. The van der Waals surface area contributed by atoms with Crippen LogP contribution in [0.5, 0.6) is 0 Å². The van der Waals surface area contributed by atoms with E-state index in [1.54, 1.807) is 9.58 Å². The van der Waals surface area contributed by atoms with Gasteiger partial charge in [-0.1, -0.05) is 63.2 Å². The molecule has 2 aliphatic heterocycles. The fraction of sp³-hybridized carbons (Fsp3) is 0.667. The van der Waals surface area contributed by atoms with Gasteiger partial charge in [-0.2, -0.15) is 0 Å². The third-order valence-corrected chi connectivity index (χ3v) is 8.62. The maximum Gasteiger partial charge on any atom is 0.248 e. The zero-order valence-corrected chi connectivity index (χ0v) is 23.8. The molecule has 9 heteroatoms. The first-order chi connectivity index (χ1) is 18.6. The van der Waals surface area contributed by atoms with Crippen LogP contribution in [0.25, 0.3) is 0 Å². The summed E-state index contributed by atoms with van der Waals surface area (Å²) in [6.07, 6.45) is 5.88. The number of likely N-dealkylation sites (tertiary alicyclic amines) is 2. The number of nitrogens with one attached hydrogen (secondary N) is 1. The van der Waals surface area contributed by atoms with Crippen LogP contribution < -0.4 is 5.32 Å². The number of hydrogen-bond donors (Lipinski definition) is 2. The molecule has 212 valence electrons. The number of aromatic nitrogens is 3. The molecule has 3 fully saturated rings. The maximum absolute atomic E-state index is 14.0. The molecule has 3 heterocycles. The summed E-state index contributed by atoms with van der Waals surface area (Å²) in [5.74, 6) is 0.738. The number of nitrogens with zero attached hydrogens (tertiary/aromatic N) is 5. The SMILES string of the molecule is CC1CCN(C(CNC(=O)C2CC(O)CN2C(=O)[C@@H](n2cc(C3CC3)nn2)C(C)(C)C)c2ccccc2)CC1. The minimum Gasteiger partial charge on any atom is -0.391 e. The van der Waals surface area contributed by atoms with Gasteiger partial charge in [0.05, 0.1) is 17.8 Å². The number of hydrogen-bond acceptors (Lipinski definition) is 6. The Balaban J connectivity index is 1.31. The second-order valence-electron chi connectivity index (χ2n) is 13.0. The average Bonchev–Trinajstić information content (AvgIpc) is 3.51. The fourth-order valence-corrected chi connectivity index (χ4v) is 6.11. The predicted octanol–water partition coefficient (Wildman–Crippen LogP) is 3.29. The van der Waals surface area contributed by atoms with Crippen molar-refractivity contribution in [2.24, 2.45) is 11.3 Å². The number of piperidine rings is 1. The number of aliphatic hydroxyl groups is 1. The smallest absolute Gasteiger partial charge is 0.248 e. The van der Waals surface area contributed by atoms with Crippen LogP contribution >= 0.6 is 0 Å². The molecule has 5 rings (SSSR count). The molecule has 1 saturated carbocycles. The summed E-state index contributed by atoms with van der Waals surface area (Å²) in [7, 11) is 0. The van der Waals surface area contributed by atoms with Crippen molar-refractivity contribution in [3.63, 3.8) is 0 Å². The molecule has 0 bridgehead atoms. The van der Waals surface area contributed by atoms with Gasteiger partial charge in [0.1, 0.15) is 12.1 Å². The highest BCUT2D eigenvalue weighted by atomic mass is 16.3. The number of amides is 2. The van der Waals surface area contributed by atoms with Gasteiger partial charge in [-0.05, 0) is 55.7 Å². The van der Waals surface area contributed by atoms with E-state index in [0.29, 0.717) is 18.4 Å². The number of benzene rings is 1. The summed E-state index contributed by atoms with van der Waals surface area (Å²) in [6, 6.07) is 9.04. The van der Waals surface area contributed by atoms with Crippen LogP contribution in [0.2, 0.25) is 0 Å². The zero-order chi connectivity index (χ0) is 27.7. The normalized spacial score (nSPS) is 24.5. The molecule has 1 aromatic heterocycles. The highest BCUT2D eigenvalue weighted by Crippen LogP contribution is 2.40. The fourth-order valence-electron chi connectivity index (χ4n) is 6.11. The van der Waals surface area contributed by atoms with Gasteiger partial charge in [0.15, 0.2) is 0 Å². The Morgan fingerprint density at radius 1 is 1.10 bits per heavy atom. The number of aliphatic hydroxyl groups excluding tert-OH is 1. The van der Waals surface area contributed by atoms with Crippen LogP contribution in [-0.2, 0) is 9.59 Å². The van der Waals surface area contributed by atoms with Gasteiger partial charge in [0.25, 0.3) is 0 Å². The number of carbonyl (C=O) groups is 2. The van der Waals surface area contributed by atoms with Crippen LogP contribution in [0.4, 0.5) is 0 Å². The van der Waals surface area contributed by atoms with Crippen molar-refractivity contribution in [1.29, 1.82) is 0 Å². The van der Waals surface area contributed by atoms with E-state index in [2.05, 4.69) is 39.6 Å². The molecule has 39 heavy (non-hydrogen) atoms. The molecule has 1 aromatic carbocycles. The highest BCUT2D eigenvalue weighted by Gasteiger charge is 2.45. The zero-order valence-electron chi connectivity index (χ0n) is 23.8. The van der Waals surface area contributed by atoms with Crippen LogP contribution in [0, 0.1) is 11.3 Å². The van der Waals surface area contributed by atoms with Crippen molar-refractivity contribution in [1.82, 2.24) is 30.1 Å². The van der Waals surface area contributed by atoms with Crippen molar-refractivity contribution in [3.05, 3.63) is 47.8 Å². The summed E-state index contributed by atoms with van der Waals surface area (Å²) in [4.78, 5) is 31.7. The lowest BCUT2D eigenvalue weighted by Crippen LogP contribution is -2.51. The van der Waals surface area contributed by atoms with Crippen molar-refractivity contribution in [2.75, 3.05) is 26.2 Å². The first-order valence-corrected chi connectivity index (χ1v) is 14.6. The van der Waals surface area contributed by atoms with Gasteiger partial charge in [0.2, 0.25) is 11.8 Å². The van der Waals surface area contributed by atoms with Crippen molar-refractivity contribution in [2.45, 2.75) is 89.9 Å². The van der Waals surface area contributed by atoms with E-state index in [4.69, 9.17) is 0 Å². The van der Waals surface area contributed by atoms with Crippen molar-refractivity contribution in [3.8, 4) is 0 Å². The van der Waals surface area contributed by atoms with Crippen LogP contribution in [0.1, 0.15) is 89.1 Å². The molecule has 0 radical (unpaired) electrons.